The second-order valence-electron chi connectivity index (χ2n) is 6.83. The van der Waals surface area contributed by atoms with E-state index in [1.165, 1.54) is 16.9 Å². The molecule has 1 amide bonds. The van der Waals surface area contributed by atoms with Crippen molar-refractivity contribution in [3.8, 4) is 0 Å². The molecule has 6 heteroatoms. The van der Waals surface area contributed by atoms with Gasteiger partial charge in [-0.3, -0.25) is 4.79 Å². The Morgan fingerprint density at radius 2 is 2.42 bits per heavy atom. The van der Waals surface area contributed by atoms with Gasteiger partial charge in [0.15, 0.2) is 0 Å². The molecule has 0 bridgehead atoms. The van der Waals surface area contributed by atoms with Crippen molar-refractivity contribution in [2.24, 2.45) is 0 Å². The third-order valence-electron chi connectivity index (χ3n) is 5.22. The molecule has 2 aromatic rings. The van der Waals surface area contributed by atoms with Crippen LogP contribution in [0.5, 0.6) is 0 Å². The van der Waals surface area contributed by atoms with Gasteiger partial charge in [-0.2, -0.15) is 0 Å². The number of imidazole rings is 1. The first-order valence-electron chi connectivity index (χ1n) is 8.81. The first-order chi connectivity index (χ1) is 11.7. The summed E-state index contributed by atoms with van der Waals surface area (Å²) >= 11 is 1.81. The fourth-order valence-corrected chi connectivity index (χ4v) is 4.71. The van der Waals surface area contributed by atoms with Gasteiger partial charge in [-0.1, -0.05) is 0 Å². The van der Waals surface area contributed by atoms with Crippen molar-refractivity contribution in [3.63, 3.8) is 0 Å². The lowest BCUT2D eigenvalue weighted by Gasteiger charge is -2.31. The molecule has 0 aliphatic carbocycles. The number of hydrogen-bond acceptors (Lipinski definition) is 4. The molecule has 0 spiro atoms. The third kappa shape index (κ3) is 3.00. The Hall–Kier alpha value is -1.66. The average molecular weight is 344 g/mol. The smallest absolute Gasteiger partial charge is 0.239 e. The summed E-state index contributed by atoms with van der Waals surface area (Å²) in [6.45, 7) is 5.48. The molecule has 24 heavy (non-hydrogen) atoms. The van der Waals surface area contributed by atoms with Crippen LogP contribution in [0.4, 0.5) is 0 Å². The second kappa shape index (κ2) is 6.69. The summed E-state index contributed by atoms with van der Waals surface area (Å²) in [5.74, 6) is 1.79. The highest BCUT2D eigenvalue weighted by atomic mass is 32.1. The standard InChI is InChI=1S/C18H24N4OS/c1-13(18(23)22-8-4-16-15(12-22)5-10-24-16)20-11-14-3-2-7-21-9-6-19-17(14)21/h5-6,9-10,13-14,20H,2-4,7-8,11-12H2,1H3/t13-,14+/m1/s1. The highest BCUT2D eigenvalue weighted by Crippen LogP contribution is 2.26. The Kier molecular flexibility index (Phi) is 4.41. The van der Waals surface area contributed by atoms with E-state index in [2.05, 4.69) is 32.5 Å². The summed E-state index contributed by atoms with van der Waals surface area (Å²) in [5, 5.41) is 5.59. The van der Waals surface area contributed by atoms with Crippen molar-refractivity contribution in [1.82, 2.24) is 19.8 Å². The normalized spacial score (nSPS) is 21.2. The Morgan fingerprint density at radius 3 is 3.33 bits per heavy atom. The Morgan fingerprint density at radius 1 is 1.50 bits per heavy atom. The summed E-state index contributed by atoms with van der Waals surface area (Å²) < 4.78 is 2.24. The minimum atomic E-state index is -0.143. The van der Waals surface area contributed by atoms with Crippen molar-refractivity contribution in [2.45, 2.75) is 51.2 Å². The predicted octanol–water partition coefficient (Wildman–Crippen LogP) is 2.39. The lowest BCUT2D eigenvalue weighted by molar-refractivity contribution is -0.134. The SMILES string of the molecule is C[C@@H](NC[C@@H]1CCCn2ccnc21)C(=O)N1CCc2sccc2C1. The number of amides is 1. The number of carbonyl (C=O) groups is 1. The summed E-state index contributed by atoms with van der Waals surface area (Å²) in [4.78, 5) is 20.7. The van der Waals surface area contributed by atoms with E-state index in [-0.39, 0.29) is 11.9 Å². The lowest BCUT2D eigenvalue weighted by atomic mass is 9.98. The molecule has 2 aromatic heterocycles. The van der Waals surface area contributed by atoms with Gasteiger partial charge in [-0.05, 0) is 43.2 Å². The fourth-order valence-electron chi connectivity index (χ4n) is 3.82. The molecule has 4 heterocycles. The maximum absolute atomic E-state index is 12.7. The summed E-state index contributed by atoms with van der Waals surface area (Å²) in [5.41, 5.74) is 1.32. The Balaban J connectivity index is 1.34. The van der Waals surface area contributed by atoms with Crippen molar-refractivity contribution in [2.75, 3.05) is 13.1 Å². The third-order valence-corrected chi connectivity index (χ3v) is 6.25. The molecular weight excluding hydrogens is 320 g/mol. The number of nitrogens with one attached hydrogen (secondary N) is 1. The second-order valence-corrected chi connectivity index (χ2v) is 7.83. The Bertz CT molecular complexity index is 722. The number of aryl methyl sites for hydroxylation is 1. The van der Waals surface area contributed by atoms with Crippen molar-refractivity contribution in [3.05, 3.63) is 40.1 Å². The molecule has 2 aliphatic heterocycles. The maximum Gasteiger partial charge on any atom is 0.239 e. The van der Waals surface area contributed by atoms with Crippen LogP contribution in [-0.2, 0) is 24.3 Å². The summed E-state index contributed by atoms with van der Waals surface area (Å²) in [6, 6.07) is 2.01. The zero-order valence-corrected chi connectivity index (χ0v) is 14.9. The topological polar surface area (TPSA) is 50.2 Å². The largest absolute Gasteiger partial charge is 0.337 e. The summed E-state index contributed by atoms with van der Waals surface area (Å²) in [6.07, 6.45) is 7.26. The number of carbonyl (C=O) groups excluding carboxylic acids is 1. The molecule has 0 aromatic carbocycles. The molecule has 4 rings (SSSR count). The number of hydrogen-bond donors (Lipinski definition) is 1. The van der Waals surface area contributed by atoms with Gasteiger partial charge in [0.1, 0.15) is 5.82 Å². The highest BCUT2D eigenvalue weighted by molar-refractivity contribution is 7.10. The molecule has 0 fully saturated rings. The molecule has 128 valence electrons. The molecule has 0 radical (unpaired) electrons. The predicted molar refractivity (Wildman–Crippen MR) is 95.1 cm³/mol. The van der Waals surface area contributed by atoms with Gasteiger partial charge in [-0.15, -0.1) is 11.3 Å². The van der Waals surface area contributed by atoms with E-state index in [1.807, 2.05) is 29.4 Å². The molecule has 0 saturated heterocycles. The number of thiophene rings is 1. The van der Waals surface area contributed by atoms with Crippen LogP contribution in [0.1, 0.15) is 41.9 Å². The number of nitrogens with zero attached hydrogens (tertiary/aromatic N) is 3. The van der Waals surface area contributed by atoms with E-state index in [9.17, 15) is 4.79 Å². The van der Waals surface area contributed by atoms with Crippen LogP contribution in [0, 0.1) is 0 Å². The van der Waals surface area contributed by atoms with Gasteiger partial charge < -0.3 is 14.8 Å². The van der Waals surface area contributed by atoms with Crippen molar-refractivity contribution >= 4 is 17.2 Å². The van der Waals surface area contributed by atoms with Gasteiger partial charge in [0.2, 0.25) is 5.91 Å². The van der Waals surface area contributed by atoms with Crippen LogP contribution >= 0.6 is 11.3 Å². The maximum atomic E-state index is 12.7. The van der Waals surface area contributed by atoms with Crippen LogP contribution in [0.3, 0.4) is 0 Å². The van der Waals surface area contributed by atoms with Gasteiger partial charge in [0.25, 0.3) is 0 Å². The monoisotopic (exact) mass is 344 g/mol. The van der Waals surface area contributed by atoms with Gasteiger partial charge in [0, 0.05) is 49.4 Å². The van der Waals surface area contributed by atoms with Crippen LogP contribution in [0.15, 0.2) is 23.8 Å². The Labute approximate surface area is 146 Å². The molecule has 0 saturated carbocycles. The van der Waals surface area contributed by atoms with Crippen molar-refractivity contribution in [1.29, 1.82) is 0 Å². The number of rotatable bonds is 4. The molecule has 1 N–H and O–H groups in total. The number of aromatic nitrogens is 2. The van der Waals surface area contributed by atoms with Gasteiger partial charge in [-0.25, -0.2) is 4.98 Å². The molecule has 5 nitrogen and oxygen atoms in total. The van der Waals surface area contributed by atoms with E-state index in [4.69, 9.17) is 0 Å². The molecule has 2 aliphatic rings. The highest BCUT2D eigenvalue weighted by Gasteiger charge is 2.27. The van der Waals surface area contributed by atoms with Crippen LogP contribution < -0.4 is 5.32 Å². The van der Waals surface area contributed by atoms with Gasteiger partial charge in [0.05, 0.1) is 6.04 Å². The van der Waals surface area contributed by atoms with Crippen LogP contribution in [0.2, 0.25) is 0 Å². The van der Waals surface area contributed by atoms with Crippen LogP contribution in [-0.4, -0.2) is 39.5 Å². The minimum Gasteiger partial charge on any atom is -0.337 e. The van der Waals surface area contributed by atoms with Crippen LogP contribution in [0.25, 0.3) is 0 Å². The quantitative estimate of drug-likeness (QED) is 0.926. The molecule has 0 unspecified atom stereocenters. The van der Waals surface area contributed by atoms with E-state index >= 15 is 0 Å². The fraction of sp³-hybridized carbons (Fsp3) is 0.556. The first-order valence-corrected chi connectivity index (χ1v) is 9.69. The van der Waals surface area contributed by atoms with E-state index in [0.29, 0.717) is 5.92 Å². The van der Waals surface area contributed by atoms with E-state index in [0.717, 1.165) is 44.8 Å². The first kappa shape index (κ1) is 15.8. The van der Waals surface area contributed by atoms with Gasteiger partial charge >= 0.3 is 0 Å². The molecular formula is C18H24N4OS. The van der Waals surface area contributed by atoms with Crippen molar-refractivity contribution < 1.29 is 4.79 Å². The summed E-state index contributed by atoms with van der Waals surface area (Å²) in [7, 11) is 0. The lowest BCUT2D eigenvalue weighted by Crippen LogP contribution is -2.47. The average Bonchev–Trinajstić information content (AvgIpc) is 3.26. The minimum absolute atomic E-state index is 0.143. The zero-order valence-electron chi connectivity index (χ0n) is 14.1. The van der Waals surface area contributed by atoms with E-state index < -0.39 is 0 Å². The van der Waals surface area contributed by atoms with E-state index in [1.54, 1.807) is 0 Å². The zero-order chi connectivity index (χ0) is 16.5. The molecule has 2 atom stereocenters. The number of fused-ring (bicyclic) bond motifs is 2.